The standard InChI is InChI=1S/C28H36O5Si/c1-8-9-22(29)20-16-30-25-23(20)17(2)18-10-11-21-19(12-13-28(21)31-14-15-32-28)24(18)26(25)33-34(6,7)27(3,4)5/h8,10-11,16,22,29H,1,9,12-15H2,2-7H3. The van der Waals surface area contributed by atoms with E-state index >= 15 is 0 Å². The summed E-state index contributed by atoms with van der Waals surface area (Å²) >= 11 is 0. The molecule has 0 bridgehead atoms. The molecule has 1 atom stereocenters. The van der Waals surface area contributed by atoms with Crippen molar-refractivity contribution in [1.29, 1.82) is 0 Å². The molecule has 1 saturated heterocycles. The van der Waals surface area contributed by atoms with Crippen LogP contribution in [0.15, 0.2) is 35.5 Å². The number of hydrogen-bond acceptors (Lipinski definition) is 5. The van der Waals surface area contributed by atoms with Crippen LogP contribution in [-0.4, -0.2) is 26.6 Å². The van der Waals surface area contributed by atoms with Gasteiger partial charge in [0.2, 0.25) is 0 Å². The van der Waals surface area contributed by atoms with Gasteiger partial charge in [-0.3, -0.25) is 0 Å². The lowest BCUT2D eigenvalue weighted by molar-refractivity contribution is -0.163. The summed E-state index contributed by atoms with van der Waals surface area (Å²) < 4.78 is 25.5. The number of rotatable bonds is 5. The van der Waals surface area contributed by atoms with E-state index in [1.54, 1.807) is 12.3 Å². The van der Waals surface area contributed by atoms with Crippen molar-refractivity contribution < 1.29 is 23.4 Å². The minimum absolute atomic E-state index is 0.0190. The van der Waals surface area contributed by atoms with Crippen molar-refractivity contribution in [3.05, 3.63) is 53.3 Å². The van der Waals surface area contributed by atoms with Gasteiger partial charge >= 0.3 is 0 Å². The third-order valence-corrected chi connectivity index (χ3v) is 12.5. The highest BCUT2D eigenvalue weighted by Crippen LogP contribution is 2.52. The predicted octanol–water partition coefficient (Wildman–Crippen LogP) is 7.03. The van der Waals surface area contributed by atoms with Crippen LogP contribution in [0, 0.1) is 6.92 Å². The summed E-state index contributed by atoms with van der Waals surface area (Å²) in [5, 5.41) is 14.0. The van der Waals surface area contributed by atoms with E-state index in [9.17, 15) is 5.11 Å². The molecule has 5 nitrogen and oxygen atoms in total. The van der Waals surface area contributed by atoms with Crippen LogP contribution < -0.4 is 4.43 Å². The molecule has 0 amide bonds. The number of aliphatic hydroxyl groups is 1. The van der Waals surface area contributed by atoms with E-state index in [0.29, 0.717) is 19.6 Å². The Hall–Kier alpha value is -2.12. The number of aryl methyl sites for hydroxylation is 2. The summed E-state index contributed by atoms with van der Waals surface area (Å²) in [5.74, 6) is 0.154. The quantitative estimate of drug-likeness (QED) is 0.314. The minimum Gasteiger partial charge on any atom is -0.541 e. The van der Waals surface area contributed by atoms with E-state index in [4.69, 9.17) is 18.3 Å². The number of furan rings is 1. The average molecular weight is 481 g/mol. The molecular weight excluding hydrogens is 444 g/mol. The first-order valence-electron chi connectivity index (χ1n) is 12.3. The van der Waals surface area contributed by atoms with Gasteiger partial charge in [0, 0.05) is 28.3 Å². The van der Waals surface area contributed by atoms with E-state index in [2.05, 4.69) is 59.5 Å². The van der Waals surface area contributed by atoms with Crippen molar-refractivity contribution in [2.24, 2.45) is 0 Å². The third-order valence-electron chi connectivity index (χ3n) is 8.13. The fourth-order valence-electron chi connectivity index (χ4n) is 5.22. The Balaban J connectivity index is 1.84. The molecule has 1 unspecified atom stereocenters. The molecule has 6 heteroatoms. The van der Waals surface area contributed by atoms with Gasteiger partial charge in [-0.05, 0) is 54.4 Å². The maximum absolute atomic E-state index is 10.9. The van der Waals surface area contributed by atoms with Gasteiger partial charge in [0.1, 0.15) is 0 Å². The van der Waals surface area contributed by atoms with Gasteiger partial charge in [0.25, 0.3) is 8.32 Å². The molecule has 1 N–H and O–H groups in total. The van der Waals surface area contributed by atoms with Gasteiger partial charge in [-0.15, -0.1) is 6.58 Å². The van der Waals surface area contributed by atoms with Gasteiger partial charge in [0.15, 0.2) is 17.1 Å². The van der Waals surface area contributed by atoms with E-state index in [-0.39, 0.29) is 5.04 Å². The molecule has 1 aromatic heterocycles. The van der Waals surface area contributed by atoms with Gasteiger partial charge in [-0.25, -0.2) is 0 Å². The van der Waals surface area contributed by atoms with Gasteiger partial charge < -0.3 is 23.4 Å². The van der Waals surface area contributed by atoms with Gasteiger partial charge in [0.05, 0.1) is 25.6 Å². The zero-order valence-electron chi connectivity index (χ0n) is 21.2. The lowest BCUT2D eigenvalue weighted by atomic mass is 9.92. The first-order chi connectivity index (χ1) is 16.0. The maximum atomic E-state index is 10.9. The zero-order valence-corrected chi connectivity index (χ0v) is 22.2. The largest absolute Gasteiger partial charge is 0.541 e. The fraction of sp³-hybridized carbons (Fsp3) is 0.500. The van der Waals surface area contributed by atoms with Crippen molar-refractivity contribution in [1.82, 2.24) is 0 Å². The smallest absolute Gasteiger partial charge is 0.250 e. The lowest BCUT2D eigenvalue weighted by Gasteiger charge is -2.37. The summed E-state index contributed by atoms with van der Waals surface area (Å²) in [6, 6.07) is 4.32. The number of fused-ring (bicyclic) bond motifs is 5. The molecule has 3 aromatic rings. The topological polar surface area (TPSA) is 61.1 Å². The van der Waals surface area contributed by atoms with E-state index < -0.39 is 20.2 Å². The van der Waals surface area contributed by atoms with Crippen molar-refractivity contribution in [2.75, 3.05) is 13.2 Å². The van der Waals surface area contributed by atoms with Crippen LogP contribution in [0.3, 0.4) is 0 Å². The highest BCUT2D eigenvalue weighted by atomic mass is 28.4. The van der Waals surface area contributed by atoms with E-state index in [0.717, 1.165) is 57.0 Å². The summed E-state index contributed by atoms with van der Waals surface area (Å²) in [5.41, 5.74) is 4.93. The number of hydrogen-bond donors (Lipinski definition) is 1. The van der Waals surface area contributed by atoms with E-state index in [1.807, 2.05) is 0 Å². The molecule has 182 valence electrons. The molecular formula is C28H36O5Si. The molecule has 1 spiro atoms. The average Bonchev–Trinajstić information content (AvgIpc) is 3.50. The van der Waals surface area contributed by atoms with Crippen molar-refractivity contribution in [3.63, 3.8) is 0 Å². The van der Waals surface area contributed by atoms with Crippen LogP contribution in [0.2, 0.25) is 18.1 Å². The number of benzene rings is 2. The van der Waals surface area contributed by atoms with Gasteiger partial charge in [-0.2, -0.15) is 0 Å². The first-order valence-corrected chi connectivity index (χ1v) is 15.2. The van der Waals surface area contributed by atoms with Crippen LogP contribution in [0.25, 0.3) is 21.7 Å². The zero-order chi connectivity index (χ0) is 24.5. The van der Waals surface area contributed by atoms with Gasteiger partial charge in [-0.1, -0.05) is 39.0 Å². The Bertz CT molecular complexity index is 1270. The molecule has 2 aromatic carbocycles. The molecule has 0 radical (unpaired) electrons. The second kappa shape index (κ2) is 7.95. The molecule has 1 fully saturated rings. The summed E-state index contributed by atoms with van der Waals surface area (Å²) in [6.45, 7) is 18.4. The van der Waals surface area contributed by atoms with Crippen molar-refractivity contribution in [3.8, 4) is 5.75 Å². The van der Waals surface area contributed by atoms with E-state index in [1.165, 1.54) is 5.56 Å². The normalized spacial score (nSPS) is 18.7. The Morgan fingerprint density at radius 1 is 1.21 bits per heavy atom. The lowest BCUT2D eigenvalue weighted by Crippen LogP contribution is -2.44. The molecule has 0 saturated carbocycles. The molecule has 2 heterocycles. The Morgan fingerprint density at radius 2 is 1.91 bits per heavy atom. The first kappa shape index (κ1) is 23.6. The molecule has 34 heavy (non-hydrogen) atoms. The van der Waals surface area contributed by atoms with Crippen LogP contribution in [0.5, 0.6) is 5.75 Å². The third kappa shape index (κ3) is 3.38. The second-order valence-corrected chi connectivity index (χ2v) is 15.9. The predicted molar refractivity (Wildman–Crippen MR) is 138 cm³/mol. The Labute approximate surface area is 202 Å². The maximum Gasteiger partial charge on any atom is 0.250 e. The number of ether oxygens (including phenoxy) is 2. The monoisotopic (exact) mass is 480 g/mol. The highest BCUT2D eigenvalue weighted by Gasteiger charge is 2.46. The van der Waals surface area contributed by atoms with Crippen molar-refractivity contribution >= 4 is 30.1 Å². The summed E-state index contributed by atoms with van der Waals surface area (Å²) in [6.07, 6.45) is 4.88. The van der Waals surface area contributed by atoms with Crippen molar-refractivity contribution in [2.45, 2.75) is 77.0 Å². The van der Waals surface area contributed by atoms with Crippen LogP contribution in [0.4, 0.5) is 0 Å². The SMILES string of the molecule is C=CCC(O)c1coc2c(O[Si](C)(C)C(C)(C)C)c3c4c(ccc3c(C)c12)C1(CC4)OCCO1. The second-order valence-electron chi connectivity index (χ2n) is 11.2. The fourth-order valence-corrected chi connectivity index (χ4v) is 6.24. The minimum atomic E-state index is -2.20. The number of aliphatic hydroxyl groups excluding tert-OH is 1. The van der Waals surface area contributed by atoms with Crippen LogP contribution in [-0.2, 0) is 21.7 Å². The molecule has 1 aliphatic heterocycles. The Morgan fingerprint density at radius 3 is 2.56 bits per heavy atom. The van der Waals surface area contributed by atoms with Crippen LogP contribution in [0.1, 0.15) is 62.0 Å². The van der Waals surface area contributed by atoms with Crippen LogP contribution >= 0.6 is 0 Å². The summed E-state index contributed by atoms with van der Waals surface area (Å²) in [4.78, 5) is 0. The Kier molecular flexibility index (Phi) is 5.52. The molecule has 5 rings (SSSR count). The molecule has 1 aliphatic carbocycles. The highest BCUT2D eigenvalue weighted by molar-refractivity contribution is 6.75. The summed E-state index contributed by atoms with van der Waals surface area (Å²) in [7, 11) is -2.20. The molecule has 2 aliphatic rings.